The van der Waals surface area contributed by atoms with Crippen LogP contribution in [0, 0.1) is 0 Å². The number of nitrogens with zero attached hydrogens (tertiary/aromatic N) is 2. The van der Waals surface area contributed by atoms with E-state index in [1.54, 1.807) is 12.1 Å². The summed E-state index contributed by atoms with van der Waals surface area (Å²) in [6.45, 7) is -0.00752. The van der Waals surface area contributed by atoms with Crippen molar-refractivity contribution in [2.75, 3.05) is 0 Å². The number of fused-ring (bicyclic) bond motifs is 1. The predicted molar refractivity (Wildman–Crippen MR) is 90.1 cm³/mol. The van der Waals surface area contributed by atoms with Crippen LogP contribution in [0.3, 0.4) is 0 Å². The van der Waals surface area contributed by atoms with Gasteiger partial charge in [0, 0.05) is 8.95 Å². The van der Waals surface area contributed by atoms with E-state index < -0.39 is 0 Å². The first-order chi connectivity index (χ1) is 10.1. The molecule has 2 aromatic heterocycles. The normalized spacial score (nSPS) is 11.0. The highest BCUT2D eigenvalue weighted by Gasteiger charge is 2.12. The zero-order valence-corrected chi connectivity index (χ0v) is 14.5. The van der Waals surface area contributed by atoms with Crippen LogP contribution in [0.25, 0.3) is 10.9 Å². The summed E-state index contributed by atoms with van der Waals surface area (Å²) in [5.41, 5.74) is 0.356. The van der Waals surface area contributed by atoms with Crippen molar-refractivity contribution < 1.29 is 4.79 Å². The van der Waals surface area contributed by atoms with E-state index in [2.05, 4.69) is 36.8 Å². The summed E-state index contributed by atoms with van der Waals surface area (Å²) in [7, 11) is 0. The maximum Gasteiger partial charge on any atom is 0.261 e. The van der Waals surface area contributed by atoms with Crippen molar-refractivity contribution in [3.8, 4) is 0 Å². The van der Waals surface area contributed by atoms with Crippen molar-refractivity contribution in [2.24, 2.45) is 0 Å². The molecule has 3 aromatic rings. The molecule has 2 heterocycles. The molecule has 0 aliphatic carbocycles. The number of aromatic nitrogens is 2. The van der Waals surface area contributed by atoms with Crippen LogP contribution in [-0.2, 0) is 6.54 Å². The monoisotopic (exact) mass is 426 g/mol. The molecule has 7 heteroatoms. The molecule has 0 N–H and O–H groups in total. The standard InChI is InChI=1S/C14H8Br2N2O2S/c15-8-4-9-13(10(16)5-8)17-7-18(14(9)20)6-11(19)12-2-1-3-21-12/h1-5,7H,6H2. The molecule has 0 amide bonds. The van der Waals surface area contributed by atoms with Gasteiger partial charge in [0.2, 0.25) is 0 Å². The van der Waals surface area contributed by atoms with Crippen molar-refractivity contribution in [1.29, 1.82) is 0 Å². The predicted octanol–water partition coefficient (Wildman–Crippen LogP) is 3.87. The third-order valence-corrected chi connectivity index (χ3v) is 4.93. The van der Waals surface area contributed by atoms with E-state index in [0.717, 1.165) is 8.95 Å². The van der Waals surface area contributed by atoms with Gasteiger partial charge in [-0.2, -0.15) is 0 Å². The molecule has 0 radical (unpaired) electrons. The van der Waals surface area contributed by atoms with Gasteiger partial charge in [-0.1, -0.05) is 22.0 Å². The van der Waals surface area contributed by atoms with Gasteiger partial charge in [0.05, 0.1) is 28.7 Å². The molecule has 0 saturated carbocycles. The Morgan fingerprint density at radius 3 is 2.86 bits per heavy atom. The first-order valence-electron chi connectivity index (χ1n) is 5.97. The molecule has 106 valence electrons. The summed E-state index contributed by atoms with van der Waals surface area (Å²) in [5.74, 6) is -0.0951. The number of benzene rings is 1. The second kappa shape index (κ2) is 5.82. The third-order valence-electron chi connectivity index (χ3n) is 2.96. The van der Waals surface area contributed by atoms with Crippen molar-refractivity contribution >= 4 is 59.9 Å². The Morgan fingerprint density at radius 1 is 1.33 bits per heavy atom. The maximum atomic E-state index is 12.5. The molecule has 21 heavy (non-hydrogen) atoms. The number of halogens is 2. The Bertz CT molecular complexity index is 888. The Morgan fingerprint density at radius 2 is 2.14 bits per heavy atom. The quantitative estimate of drug-likeness (QED) is 0.596. The SMILES string of the molecule is O=C(Cn1cnc2c(Br)cc(Br)cc2c1=O)c1cccs1. The number of hydrogen-bond donors (Lipinski definition) is 0. The molecule has 4 nitrogen and oxygen atoms in total. The minimum atomic E-state index is -0.230. The van der Waals surface area contributed by atoms with Crippen LogP contribution in [0.1, 0.15) is 9.67 Å². The van der Waals surface area contributed by atoms with Gasteiger partial charge >= 0.3 is 0 Å². The number of thiophene rings is 1. The fourth-order valence-electron chi connectivity index (χ4n) is 1.98. The van der Waals surface area contributed by atoms with Gasteiger partial charge in [0.1, 0.15) is 0 Å². The second-order valence-corrected chi connectivity index (χ2v) is 7.08. The number of ketones is 1. The fourth-order valence-corrected chi connectivity index (χ4v) is 3.96. The van der Waals surface area contributed by atoms with Crippen LogP contribution >= 0.6 is 43.2 Å². The molecule has 0 unspecified atom stereocenters. The van der Waals surface area contributed by atoms with Gasteiger partial charge in [-0.15, -0.1) is 11.3 Å². The van der Waals surface area contributed by atoms with Crippen LogP contribution < -0.4 is 5.56 Å². The molecular formula is C14H8Br2N2O2S. The van der Waals surface area contributed by atoms with Gasteiger partial charge in [-0.05, 0) is 39.5 Å². The summed E-state index contributed by atoms with van der Waals surface area (Å²) in [5, 5.41) is 2.31. The highest BCUT2D eigenvalue weighted by molar-refractivity contribution is 9.11. The number of Topliss-reactive ketones (excluding diaryl/α,β-unsaturated/α-hetero) is 1. The summed E-state index contributed by atoms with van der Waals surface area (Å²) in [6.07, 6.45) is 1.41. The van der Waals surface area contributed by atoms with Crippen LogP contribution in [0.4, 0.5) is 0 Å². The van der Waals surface area contributed by atoms with E-state index in [1.807, 2.05) is 17.5 Å². The van der Waals surface area contributed by atoms with Gasteiger partial charge in [0.25, 0.3) is 5.56 Å². The summed E-state index contributed by atoms with van der Waals surface area (Å²) in [4.78, 5) is 29.5. The molecule has 0 fully saturated rings. The van der Waals surface area contributed by atoms with Crippen molar-refractivity contribution in [1.82, 2.24) is 9.55 Å². The molecule has 0 bridgehead atoms. The van der Waals surface area contributed by atoms with E-state index in [0.29, 0.717) is 15.8 Å². The molecule has 0 atom stereocenters. The van der Waals surface area contributed by atoms with Gasteiger partial charge in [-0.25, -0.2) is 4.98 Å². The van der Waals surface area contributed by atoms with Crippen LogP contribution in [0.5, 0.6) is 0 Å². The molecule has 3 rings (SSSR count). The van der Waals surface area contributed by atoms with Crippen LogP contribution in [-0.4, -0.2) is 15.3 Å². The molecule has 0 aliphatic rings. The van der Waals surface area contributed by atoms with Crippen molar-refractivity contribution in [3.05, 3.63) is 60.1 Å². The maximum absolute atomic E-state index is 12.5. The lowest BCUT2D eigenvalue weighted by atomic mass is 10.2. The average Bonchev–Trinajstić information content (AvgIpc) is 2.96. The van der Waals surface area contributed by atoms with E-state index in [9.17, 15) is 9.59 Å². The molecule has 0 spiro atoms. The minimum absolute atomic E-state index is 0.00752. The lowest BCUT2D eigenvalue weighted by molar-refractivity contribution is 0.0974. The summed E-state index contributed by atoms with van der Waals surface area (Å²) >= 11 is 8.10. The van der Waals surface area contributed by atoms with Crippen LogP contribution in [0.15, 0.2) is 49.7 Å². The second-order valence-electron chi connectivity index (χ2n) is 4.36. The zero-order valence-electron chi connectivity index (χ0n) is 10.5. The Kier molecular flexibility index (Phi) is 4.05. The van der Waals surface area contributed by atoms with E-state index in [-0.39, 0.29) is 17.9 Å². The molecule has 0 saturated heterocycles. The smallest absolute Gasteiger partial charge is 0.261 e. The van der Waals surface area contributed by atoms with E-state index >= 15 is 0 Å². The van der Waals surface area contributed by atoms with E-state index in [4.69, 9.17) is 0 Å². The third kappa shape index (κ3) is 2.86. The van der Waals surface area contributed by atoms with Gasteiger partial charge < -0.3 is 0 Å². The summed E-state index contributed by atoms with van der Waals surface area (Å²) < 4.78 is 2.85. The zero-order chi connectivity index (χ0) is 15.0. The number of carbonyl (C=O) groups is 1. The Hall–Kier alpha value is -1.31. The largest absolute Gasteiger partial charge is 0.291 e. The lowest BCUT2D eigenvalue weighted by Gasteiger charge is -2.06. The number of hydrogen-bond acceptors (Lipinski definition) is 4. The first-order valence-corrected chi connectivity index (χ1v) is 8.44. The fraction of sp³-hybridized carbons (Fsp3) is 0.0714. The van der Waals surface area contributed by atoms with E-state index in [1.165, 1.54) is 22.2 Å². The minimum Gasteiger partial charge on any atom is -0.291 e. The van der Waals surface area contributed by atoms with Crippen molar-refractivity contribution in [2.45, 2.75) is 6.54 Å². The molecule has 1 aromatic carbocycles. The Balaban J connectivity index is 2.07. The van der Waals surface area contributed by atoms with Crippen LogP contribution in [0.2, 0.25) is 0 Å². The molecular weight excluding hydrogens is 420 g/mol. The summed E-state index contributed by atoms with van der Waals surface area (Å²) in [6, 6.07) is 7.10. The number of rotatable bonds is 3. The average molecular weight is 428 g/mol. The first kappa shape index (κ1) is 14.6. The van der Waals surface area contributed by atoms with Gasteiger partial charge in [-0.3, -0.25) is 14.2 Å². The number of carbonyl (C=O) groups excluding carboxylic acids is 1. The van der Waals surface area contributed by atoms with Gasteiger partial charge in [0.15, 0.2) is 5.78 Å². The van der Waals surface area contributed by atoms with Crippen molar-refractivity contribution in [3.63, 3.8) is 0 Å². The molecule has 0 aliphatic heterocycles. The highest BCUT2D eigenvalue weighted by atomic mass is 79.9. The lowest BCUT2D eigenvalue weighted by Crippen LogP contribution is -2.24. The topological polar surface area (TPSA) is 52.0 Å². The highest BCUT2D eigenvalue weighted by Crippen LogP contribution is 2.24. The Labute approximate surface area is 140 Å².